The molecule has 0 spiro atoms. The SMILES string of the molecule is Brc1ccc2sc(NCc3cccs3)nc2c1. The Morgan fingerprint density at radius 1 is 1.29 bits per heavy atom. The van der Waals surface area contributed by atoms with Crippen molar-refractivity contribution in [1.29, 1.82) is 0 Å². The molecule has 0 aliphatic carbocycles. The van der Waals surface area contributed by atoms with Crippen LogP contribution in [0.15, 0.2) is 40.2 Å². The molecule has 17 heavy (non-hydrogen) atoms. The first-order valence-corrected chi connectivity index (χ1v) is 7.62. The van der Waals surface area contributed by atoms with E-state index < -0.39 is 0 Å². The number of rotatable bonds is 3. The van der Waals surface area contributed by atoms with Gasteiger partial charge < -0.3 is 5.32 Å². The highest BCUT2D eigenvalue weighted by Crippen LogP contribution is 2.28. The van der Waals surface area contributed by atoms with Crippen LogP contribution < -0.4 is 5.32 Å². The minimum Gasteiger partial charge on any atom is -0.357 e. The van der Waals surface area contributed by atoms with E-state index in [2.05, 4.69) is 49.8 Å². The quantitative estimate of drug-likeness (QED) is 0.753. The number of thiazole rings is 1. The fraction of sp³-hybridized carbons (Fsp3) is 0.0833. The van der Waals surface area contributed by atoms with E-state index in [4.69, 9.17) is 0 Å². The molecular weight excluding hydrogens is 316 g/mol. The zero-order valence-corrected chi connectivity index (χ0v) is 12.0. The molecule has 0 amide bonds. The van der Waals surface area contributed by atoms with E-state index in [1.807, 2.05) is 12.1 Å². The van der Waals surface area contributed by atoms with Gasteiger partial charge in [-0.1, -0.05) is 33.3 Å². The Labute approximate surface area is 115 Å². The molecule has 2 aromatic heterocycles. The number of nitrogens with one attached hydrogen (secondary N) is 1. The highest BCUT2D eigenvalue weighted by atomic mass is 79.9. The first-order chi connectivity index (χ1) is 8.31. The van der Waals surface area contributed by atoms with E-state index in [1.165, 1.54) is 9.58 Å². The van der Waals surface area contributed by atoms with Gasteiger partial charge in [-0.25, -0.2) is 4.98 Å². The zero-order valence-electron chi connectivity index (χ0n) is 8.81. The van der Waals surface area contributed by atoms with Gasteiger partial charge in [0.15, 0.2) is 5.13 Å². The number of aromatic nitrogens is 1. The minimum atomic E-state index is 0.846. The summed E-state index contributed by atoms with van der Waals surface area (Å²) in [7, 11) is 0. The maximum Gasteiger partial charge on any atom is 0.184 e. The third-order valence-corrected chi connectivity index (χ3v) is 4.71. The van der Waals surface area contributed by atoms with Gasteiger partial charge in [-0.2, -0.15) is 0 Å². The van der Waals surface area contributed by atoms with Crippen LogP contribution in [-0.2, 0) is 6.54 Å². The largest absolute Gasteiger partial charge is 0.357 e. The number of nitrogens with zero attached hydrogens (tertiary/aromatic N) is 1. The van der Waals surface area contributed by atoms with Crippen molar-refractivity contribution in [3.8, 4) is 0 Å². The van der Waals surface area contributed by atoms with Gasteiger partial charge in [0.2, 0.25) is 0 Å². The number of hydrogen-bond donors (Lipinski definition) is 1. The maximum atomic E-state index is 4.56. The summed E-state index contributed by atoms with van der Waals surface area (Å²) in [5.41, 5.74) is 1.04. The lowest BCUT2D eigenvalue weighted by atomic mass is 10.3. The molecule has 0 aliphatic heterocycles. The molecule has 3 aromatic rings. The van der Waals surface area contributed by atoms with Gasteiger partial charge in [-0.15, -0.1) is 11.3 Å². The molecule has 0 bridgehead atoms. The Hall–Kier alpha value is -0.910. The highest BCUT2D eigenvalue weighted by molar-refractivity contribution is 9.10. The van der Waals surface area contributed by atoms with E-state index in [0.29, 0.717) is 0 Å². The van der Waals surface area contributed by atoms with Gasteiger partial charge in [0.1, 0.15) is 0 Å². The summed E-state index contributed by atoms with van der Waals surface area (Å²) in [6.07, 6.45) is 0. The van der Waals surface area contributed by atoms with Gasteiger partial charge in [-0.3, -0.25) is 0 Å². The van der Waals surface area contributed by atoms with E-state index in [1.54, 1.807) is 22.7 Å². The topological polar surface area (TPSA) is 24.9 Å². The van der Waals surface area contributed by atoms with Crippen LogP contribution in [0.1, 0.15) is 4.88 Å². The summed E-state index contributed by atoms with van der Waals surface area (Å²) in [5, 5.41) is 6.43. The first-order valence-electron chi connectivity index (χ1n) is 5.13. The summed E-state index contributed by atoms with van der Waals surface area (Å²) in [5.74, 6) is 0. The molecule has 0 fully saturated rings. The Morgan fingerprint density at radius 3 is 3.06 bits per heavy atom. The van der Waals surface area contributed by atoms with Crippen molar-refractivity contribution in [1.82, 2.24) is 4.98 Å². The molecule has 3 rings (SSSR count). The molecule has 0 saturated carbocycles. The molecule has 1 N–H and O–H groups in total. The summed E-state index contributed by atoms with van der Waals surface area (Å²) in [6, 6.07) is 10.4. The molecule has 0 aliphatic rings. The van der Waals surface area contributed by atoms with Crippen LogP contribution in [0.5, 0.6) is 0 Å². The van der Waals surface area contributed by atoms with Crippen LogP contribution in [0, 0.1) is 0 Å². The second-order valence-electron chi connectivity index (χ2n) is 3.56. The van der Waals surface area contributed by atoms with E-state index in [9.17, 15) is 0 Å². The van der Waals surface area contributed by atoms with Crippen molar-refractivity contribution in [3.63, 3.8) is 0 Å². The number of thiophene rings is 1. The standard InChI is InChI=1S/C12H9BrN2S2/c13-8-3-4-11-10(6-8)15-12(17-11)14-7-9-2-1-5-16-9/h1-6H,7H2,(H,14,15). The Kier molecular flexibility index (Phi) is 3.13. The third-order valence-electron chi connectivity index (χ3n) is 2.34. The van der Waals surface area contributed by atoms with Gasteiger partial charge >= 0.3 is 0 Å². The highest BCUT2D eigenvalue weighted by Gasteiger charge is 2.04. The summed E-state index contributed by atoms with van der Waals surface area (Å²) < 4.78 is 2.28. The van der Waals surface area contributed by atoms with Gasteiger partial charge in [0.05, 0.1) is 16.8 Å². The Bertz CT molecular complexity index is 631. The normalized spacial score (nSPS) is 10.9. The molecule has 0 saturated heterocycles. The summed E-state index contributed by atoms with van der Waals surface area (Å²) in [4.78, 5) is 5.88. The summed E-state index contributed by atoms with van der Waals surface area (Å²) in [6.45, 7) is 0.846. The fourth-order valence-corrected chi connectivity index (χ4v) is 3.39. The van der Waals surface area contributed by atoms with Crippen LogP contribution in [0.4, 0.5) is 5.13 Å². The molecular formula is C12H9BrN2S2. The minimum absolute atomic E-state index is 0.846. The van der Waals surface area contributed by atoms with E-state index in [0.717, 1.165) is 21.7 Å². The molecule has 0 unspecified atom stereocenters. The molecule has 86 valence electrons. The molecule has 1 aromatic carbocycles. The van der Waals surface area contributed by atoms with Gasteiger partial charge in [-0.05, 0) is 29.6 Å². The van der Waals surface area contributed by atoms with Crippen molar-refractivity contribution in [3.05, 3.63) is 45.1 Å². The Balaban J connectivity index is 1.81. The number of fused-ring (bicyclic) bond motifs is 1. The molecule has 2 heterocycles. The van der Waals surface area contributed by atoms with Crippen molar-refractivity contribution in [2.75, 3.05) is 5.32 Å². The number of benzene rings is 1. The van der Waals surface area contributed by atoms with E-state index >= 15 is 0 Å². The van der Waals surface area contributed by atoms with Gasteiger partial charge in [0.25, 0.3) is 0 Å². The van der Waals surface area contributed by atoms with Crippen molar-refractivity contribution < 1.29 is 0 Å². The second kappa shape index (κ2) is 4.76. The van der Waals surface area contributed by atoms with Crippen LogP contribution in [0.25, 0.3) is 10.2 Å². The average Bonchev–Trinajstić information content (AvgIpc) is 2.94. The van der Waals surface area contributed by atoms with Crippen molar-refractivity contribution in [2.45, 2.75) is 6.54 Å². The lowest BCUT2D eigenvalue weighted by molar-refractivity contribution is 1.18. The number of halogens is 1. The Morgan fingerprint density at radius 2 is 2.24 bits per heavy atom. The predicted molar refractivity (Wildman–Crippen MR) is 79.0 cm³/mol. The van der Waals surface area contributed by atoms with E-state index in [-0.39, 0.29) is 0 Å². The van der Waals surface area contributed by atoms with Crippen LogP contribution in [0.2, 0.25) is 0 Å². The predicted octanol–water partition coefficient (Wildman–Crippen LogP) is 4.73. The molecule has 0 radical (unpaired) electrons. The van der Waals surface area contributed by atoms with Crippen molar-refractivity contribution >= 4 is 54.0 Å². The maximum absolute atomic E-state index is 4.56. The van der Waals surface area contributed by atoms with Crippen molar-refractivity contribution in [2.24, 2.45) is 0 Å². The fourth-order valence-electron chi connectivity index (χ4n) is 1.55. The lowest BCUT2D eigenvalue weighted by Gasteiger charge is -1.97. The van der Waals surface area contributed by atoms with Crippen LogP contribution in [0.3, 0.4) is 0 Å². The number of anilines is 1. The third kappa shape index (κ3) is 2.51. The average molecular weight is 325 g/mol. The lowest BCUT2D eigenvalue weighted by Crippen LogP contribution is -1.95. The second-order valence-corrected chi connectivity index (χ2v) is 6.54. The smallest absolute Gasteiger partial charge is 0.184 e. The monoisotopic (exact) mass is 324 g/mol. The molecule has 2 nitrogen and oxygen atoms in total. The molecule has 5 heteroatoms. The first kappa shape index (κ1) is 11.2. The van der Waals surface area contributed by atoms with Crippen LogP contribution >= 0.6 is 38.6 Å². The summed E-state index contributed by atoms with van der Waals surface area (Å²) >= 11 is 6.91. The number of hydrogen-bond acceptors (Lipinski definition) is 4. The van der Waals surface area contributed by atoms with Crippen LogP contribution in [-0.4, -0.2) is 4.98 Å². The molecule has 0 atom stereocenters. The van der Waals surface area contributed by atoms with Gasteiger partial charge in [0, 0.05) is 9.35 Å². The zero-order chi connectivity index (χ0) is 11.7.